The average Bonchev–Trinajstić information content (AvgIpc) is 3.39. The largest absolute Gasteiger partial charge is 0.364 e. The molecule has 0 fully saturated rings. The van der Waals surface area contributed by atoms with E-state index in [0.29, 0.717) is 25.1 Å². The van der Waals surface area contributed by atoms with E-state index in [-0.39, 0.29) is 11.6 Å². The fraction of sp³-hybridized carbons (Fsp3) is 0.200. The Morgan fingerprint density at radius 3 is 2.67 bits per heavy atom. The lowest BCUT2D eigenvalue weighted by Crippen LogP contribution is -2.50. The van der Waals surface area contributed by atoms with Gasteiger partial charge in [0.25, 0.3) is 10.0 Å². The minimum absolute atomic E-state index is 0.00190. The zero-order valence-corrected chi connectivity index (χ0v) is 22.7. The van der Waals surface area contributed by atoms with Crippen LogP contribution in [0, 0.1) is 11.3 Å². The number of aryl methyl sites for hydroxylation is 1. The van der Waals surface area contributed by atoms with E-state index in [1.54, 1.807) is 35.0 Å². The molecule has 1 atom stereocenters. The van der Waals surface area contributed by atoms with Crippen LogP contribution in [-0.4, -0.2) is 44.8 Å². The van der Waals surface area contributed by atoms with E-state index in [4.69, 9.17) is 0 Å². The predicted molar refractivity (Wildman–Crippen MR) is 152 cm³/mol. The highest BCUT2D eigenvalue weighted by atomic mass is 32.2. The van der Waals surface area contributed by atoms with Gasteiger partial charge in [-0.05, 0) is 53.9 Å². The summed E-state index contributed by atoms with van der Waals surface area (Å²) in [5.74, 6) is 0. The van der Waals surface area contributed by atoms with Gasteiger partial charge in [0, 0.05) is 55.8 Å². The molecule has 5 aromatic rings. The minimum Gasteiger partial charge on any atom is -0.364 e. The number of nitrogens with zero attached hydrogens (tertiary/aromatic N) is 7. The summed E-state index contributed by atoms with van der Waals surface area (Å²) in [6.45, 7) is 1.12. The molecule has 10 heteroatoms. The second kappa shape index (κ2) is 10.5. The Labute approximate surface area is 233 Å². The number of para-hydroxylation sites is 1. The first kappa shape index (κ1) is 25.7. The molecule has 6 rings (SSSR count). The number of hydrogen-bond acceptors (Lipinski definition) is 7. The maximum atomic E-state index is 14.2. The summed E-state index contributed by atoms with van der Waals surface area (Å²) in [7, 11) is -2.05. The van der Waals surface area contributed by atoms with Crippen molar-refractivity contribution in [1.82, 2.24) is 23.8 Å². The molecular weight excluding hydrogens is 522 g/mol. The number of fused-ring (bicyclic) bond motifs is 2. The third kappa shape index (κ3) is 4.81. The van der Waals surface area contributed by atoms with Crippen molar-refractivity contribution in [3.8, 4) is 6.07 Å². The summed E-state index contributed by atoms with van der Waals surface area (Å²) < 4.78 is 32.0. The maximum Gasteiger partial charge on any atom is 0.261 e. The topological polar surface area (TPSA) is 108 Å². The molecule has 3 aromatic heterocycles. The van der Waals surface area contributed by atoms with Crippen molar-refractivity contribution in [2.45, 2.75) is 30.6 Å². The lowest BCUT2D eigenvalue weighted by Gasteiger charge is -2.40. The molecule has 0 saturated heterocycles. The SMILES string of the molecule is Cn1cncc1CN1CC(N(Cc2cccc3cccnc23)S(=O)(=O)c2ccccn2)Cc2cc(C#N)ccc21. The highest BCUT2D eigenvalue weighted by Gasteiger charge is 2.37. The molecule has 4 heterocycles. The van der Waals surface area contributed by atoms with Gasteiger partial charge in [-0.2, -0.15) is 9.57 Å². The Balaban J connectivity index is 1.46. The van der Waals surface area contributed by atoms with Crippen LogP contribution in [-0.2, 0) is 36.6 Å². The molecule has 0 saturated carbocycles. The van der Waals surface area contributed by atoms with E-state index in [0.717, 1.165) is 33.4 Å². The van der Waals surface area contributed by atoms with Gasteiger partial charge in [-0.1, -0.05) is 30.3 Å². The molecule has 1 unspecified atom stereocenters. The minimum atomic E-state index is -3.99. The second-order valence-electron chi connectivity index (χ2n) is 9.90. The Hall–Kier alpha value is -4.59. The quantitative estimate of drug-likeness (QED) is 0.301. The van der Waals surface area contributed by atoms with Gasteiger partial charge in [-0.15, -0.1) is 0 Å². The van der Waals surface area contributed by atoms with Crippen molar-refractivity contribution >= 4 is 26.6 Å². The number of benzene rings is 2. The van der Waals surface area contributed by atoms with Gasteiger partial charge in [0.1, 0.15) is 0 Å². The van der Waals surface area contributed by atoms with Crippen LogP contribution < -0.4 is 4.90 Å². The van der Waals surface area contributed by atoms with Crippen molar-refractivity contribution in [1.29, 1.82) is 5.26 Å². The zero-order chi connectivity index (χ0) is 27.7. The first-order chi connectivity index (χ1) is 19.4. The lowest BCUT2D eigenvalue weighted by molar-refractivity contribution is 0.302. The van der Waals surface area contributed by atoms with Gasteiger partial charge in [0.15, 0.2) is 5.03 Å². The number of rotatable bonds is 7. The van der Waals surface area contributed by atoms with E-state index >= 15 is 0 Å². The maximum absolute atomic E-state index is 14.2. The van der Waals surface area contributed by atoms with E-state index in [1.807, 2.05) is 60.3 Å². The van der Waals surface area contributed by atoms with E-state index < -0.39 is 16.1 Å². The first-order valence-electron chi connectivity index (χ1n) is 12.9. The molecule has 0 aliphatic carbocycles. The summed E-state index contributed by atoms with van der Waals surface area (Å²) >= 11 is 0. The number of anilines is 1. The average molecular weight is 550 g/mol. The molecule has 9 nitrogen and oxygen atoms in total. The van der Waals surface area contributed by atoms with E-state index in [9.17, 15) is 13.7 Å². The first-order valence-corrected chi connectivity index (χ1v) is 14.4. The fourth-order valence-corrected chi connectivity index (χ4v) is 6.89. The summed E-state index contributed by atoms with van der Waals surface area (Å²) in [5.41, 5.74) is 5.02. The van der Waals surface area contributed by atoms with Gasteiger partial charge >= 0.3 is 0 Å². The normalized spacial score (nSPS) is 15.2. The molecule has 0 N–H and O–H groups in total. The monoisotopic (exact) mass is 549 g/mol. The smallest absolute Gasteiger partial charge is 0.261 e. The number of imidazole rings is 1. The highest BCUT2D eigenvalue weighted by Crippen LogP contribution is 2.34. The van der Waals surface area contributed by atoms with Crippen LogP contribution in [0.5, 0.6) is 0 Å². The number of nitriles is 1. The summed E-state index contributed by atoms with van der Waals surface area (Å²) in [6.07, 6.45) is 7.24. The van der Waals surface area contributed by atoms with Crippen LogP contribution >= 0.6 is 0 Å². The van der Waals surface area contributed by atoms with Gasteiger partial charge in [0.05, 0.1) is 35.7 Å². The number of pyridine rings is 2. The van der Waals surface area contributed by atoms with Crippen LogP contribution in [0.3, 0.4) is 0 Å². The second-order valence-corrected chi connectivity index (χ2v) is 11.7. The molecule has 0 radical (unpaired) electrons. The van der Waals surface area contributed by atoms with Crippen LogP contribution in [0.2, 0.25) is 0 Å². The third-order valence-electron chi connectivity index (χ3n) is 7.37. The zero-order valence-electron chi connectivity index (χ0n) is 21.9. The summed E-state index contributed by atoms with van der Waals surface area (Å²) in [5, 5.41) is 10.5. The van der Waals surface area contributed by atoms with Gasteiger partial charge in [-0.25, -0.2) is 18.4 Å². The number of hydrogen-bond donors (Lipinski definition) is 0. The molecular formula is C30H27N7O2S. The van der Waals surface area contributed by atoms with Crippen LogP contribution in [0.1, 0.15) is 22.4 Å². The molecule has 40 heavy (non-hydrogen) atoms. The van der Waals surface area contributed by atoms with Gasteiger partial charge in [-0.3, -0.25) is 4.98 Å². The van der Waals surface area contributed by atoms with Crippen molar-refractivity contribution in [2.75, 3.05) is 11.4 Å². The predicted octanol–water partition coefficient (Wildman–Crippen LogP) is 4.06. The Kier molecular flexibility index (Phi) is 6.76. The van der Waals surface area contributed by atoms with Crippen LogP contribution in [0.25, 0.3) is 10.9 Å². The number of aromatic nitrogens is 4. The van der Waals surface area contributed by atoms with Crippen molar-refractivity contribution in [3.05, 3.63) is 114 Å². The molecule has 2 aromatic carbocycles. The van der Waals surface area contributed by atoms with E-state index in [2.05, 4.69) is 25.9 Å². The lowest BCUT2D eigenvalue weighted by atomic mass is 9.95. The van der Waals surface area contributed by atoms with Crippen LogP contribution in [0.15, 0.2) is 96.7 Å². The van der Waals surface area contributed by atoms with Crippen molar-refractivity contribution in [2.24, 2.45) is 7.05 Å². The molecule has 0 amide bonds. The molecule has 0 bridgehead atoms. The van der Waals surface area contributed by atoms with E-state index in [1.165, 1.54) is 12.3 Å². The molecule has 1 aliphatic rings. The van der Waals surface area contributed by atoms with Crippen molar-refractivity contribution < 1.29 is 8.42 Å². The summed E-state index contributed by atoms with van der Waals surface area (Å²) in [6, 6.07) is 22.0. The van der Waals surface area contributed by atoms with Gasteiger partial charge < -0.3 is 9.47 Å². The highest BCUT2D eigenvalue weighted by molar-refractivity contribution is 7.89. The standard InChI is InChI=1S/C30H27N7O2S/c1-35-21-32-17-27(35)20-36-19-26(15-25-14-22(16-31)10-11-28(25)36)37(40(38,39)29-9-2-3-12-33-29)18-24-7-4-6-23-8-5-13-34-30(23)24/h2-14,17,21,26H,15,18-20H2,1H3. The summed E-state index contributed by atoms with van der Waals surface area (Å²) in [4.78, 5) is 15.2. The fourth-order valence-electron chi connectivity index (χ4n) is 5.37. The Morgan fingerprint density at radius 2 is 1.90 bits per heavy atom. The van der Waals surface area contributed by atoms with Crippen molar-refractivity contribution in [3.63, 3.8) is 0 Å². The Morgan fingerprint density at radius 1 is 1.05 bits per heavy atom. The molecule has 0 spiro atoms. The van der Waals surface area contributed by atoms with Crippen LogP contribution in [0.4, 0.5) is 5.69 Å². The molecule has 1 aliphatic heterocycles. The van der Waals surface area contributed by atoms with Gasteiger partial charge in [0.2, 0.25) is 0 Å². The Bertz CT molecular complexity index is 1820. The number of sulfonamides is 1. The molecule has 200 valence electrons. The third-order valence-corrected chi connectivity index (χ3v) is 9.18.